The van der Waals surface area contributed by atoms with Gasteiger partial charge in [0.05, 0.1) is 0 Å². The Morgan fingerprint density at radius 1 is 1.20 bits per heavy atom. The van der Waals surface area contributed by atoms with Crippen LogP contribution in [-0.2, 0) is 16.6 Å². The van der Waals surface area contributed by atoms with E-state index in [0.717, 1.165) is 18.9 Å². The van der Waals surface area contributed by atoms with Crippen LogP contribution in [0.5, 0.6) is 0 Å². The normalized spacial score (nSPS) is 15.5. The average molecular weight is 343 g/mol. The molecule has 7 heteroatoms. The number of carbonyl (C=O) groups excluding carboxylic acids is 1. The van der Waals surface area contributed by atoms with Gasteiger partial charge in [0, 0.05) is 50.6 Å². The number of carbonyl (C=O) groups is 1. The number of aryl methyl sites for hydroxylation is 1. The van der Waals surface area contributed by atoms with E-state index in [0.29, 0.717) is 37.6 Å². The maximum atomic E-state index is 12.4. The molecule has 1 aliphatic rings. The van der Waals surface area contributed by atoms with E-state index in [2.05, 4.69) is 20.0 Å². The Balaban J connectivity index is 1.47. The van der Waals surface area contributed by atoms with Crippen molar-refractivity contribution in [1.82, 2.24) is 20.0 Å². The van der Waals surface area contributed by atoms with Crippen molar-refractivity contribution in [3.8, 4) is 0 Å². The second kappa shape index (κ2) is 7.21. The number of piperazine rings is 1. The first-order valence-electron chi connectivity index (χ1n) is 8.70. The van der Waals surface area contributed by atoms with Gasteiger partial charge < -0.3 is 14.3 Å². The van der Waals surface area contributed by atoms with E-state index in [-0.39, 0.29) is 11.3 Å². The molecule has 0 unspecified atom stereocenters. The molecule has 0 saturated carbocycles. The molecule has 0 atom stereocenters. The van der Waals surface area contributed by atoms with Crippen molar-refractivity contribution in [1.29, 1.82) is 0 Å². The molecule has 25 heavy (non-hydrogen) atoms. The summed E-state index contributed by atoms with van der Waals surface area (Å²) in [5, 5.41) is 4.00. The molecule has 3 heterocycles. The molecule has 1 amide bonds. The molecule has 2 aromatic heterocycles. The minimum absolute atomic E-state index is 0.135. The maximum absolute atomic E-state index is 12.4. The van der Waals surface area contributed by atoms with Crippen LogP contribution in [0.3, 0.4) is 0 Å². The molecule has 1 fully saturated rings. The van der Waals surface area contributed by atoms with Crippen LogP contribution in [0.25, 0.3) is 0 Å². The zero-order chi connectivity index (χ0) is 17.9. The highest BCUT2D eigenvalue weighted by atomic mass is 16.5. The third-order valence-corrected chi connectivity index (χ3v) is 4.30. The number of aromatic nitrogens is 3. The number of rotatable bonds is 4. The van der Waals surface area contributed by atoms with Gasteiger partial charge in [-0.2, -0.15) is 4.98 Å². The zero-order valence-electron chi connectivity index (χ0n) is 15.1. The first-order valence-corrected chi connectivity index (χ1v) is 8.70. The summed E-state index contributed by atoms with van der Waals surface area (Å²) in [6.07, 6.45) is 2.68. The fourth-order valence-corrected chi connectivity index (χ4v) is 2.76. The highest BCUT2D eigenvalue weighted by molar-refractivity contribution is 5.76. The van der Waals surface area contributed by atoms with Crippen LogP contribution in [0, 0.1) is 0 Å². The summed E-state index contributed by atoms with van der Waals surface area (Å²) in [6.45, 7) is 9.14. The number of anilines is 1. The largest absolute Gasteiger partial charge is 0.353 e. The zero-order valence-corrected chi connectivity index (χ0v) is 15.1. The number of nitrogens with zero attached hydrogens (tertiary/aromatic N) is 5. The number of amides is 1. The first-order chi connectivity index (χ1) is 11.9. The third kappa shape index (κ3) is 4.35. The van der Waals surface area contributed by atoms with Gasteiger partial charge in [-0.25, -0.2) is 4.98 Å². The van der Waals surface area contributed by atoms with Crippen molar-refractivity contribution in [3.63, 3.8) is 0 Å². The molecule has 0 radical (unpaired) electrons. The number of hydrogen-bond acceptors (Lipinski definition) is 6. The Labute approximate surface area is 148 Å². The van der Waals surface area contributed by atoms with Crippen molar-refractivity contribution in [2.75, 3.05) is 31.1 Å². The SMILES string of the molecule is CC(C)(C)c1noc(CCC(=O)N2CCN(c3ccccn3)CC2)n1. The summed E-state index contributed by atoms with van der Waals surface area (Å²) >= 11 is 0. The van der Waals surface area contributed by atoms with E-state index in [1.54, 1.807) is 6.20 Å². The molecule has 0 spiro atoms. The lowest BCUT2D eigenvalue weighted by molar-refractivity contribution is -0.131. The van der Waals surface area contributed by atoms with Crippen LogP contribution in [0.1, 0.15) is 38.9 Å². The van der Waals surface area contributed by atoms with E-state index in [9.17, 15) is 4.79 Å². The maximum Gasteiger partial charge on any atom is 0.227 e. The van der Waals surface area contributed by atoms with E-state index in [1.807, 2.05) is 43.9 Å². The predicted octanol–water partition coefficient (Wildman–Crippen LogP) is 2.04. The molecule has 7 nitrogen and oxygen atoms in total. The summed E-state index contributed by atoms with van der Waals surface area (Å²) in [5.41, 5.74) is -0.145. The van der Waals surface area contributed by atoms with Crippen molar-refractivity contribution in [2.45, 2.75) is 39.0 Å². The van der Waals surface area contributed by atoms with Gasteiger partial charge in [-0.1, -0.05) is 32.0 Å². The molecule has 2 aromatic rings. The number of pyridine rings is 1. The van der Waals surface area contributed by atoms with Crippen LogP contribution < -0.4 is 4.90 Å². The lowest BCUT2D eigenvalue weighted by Crippen LogP contribution is -2.49. The lowest BCUT2D eigenvalue weighted by atomic mass is 9.96. The molecular formula is C18H25N5O2. The first kappa shape index (κ1) is 17.4. The summed E-state index contributed by atoms with van der Waals surface area (Å²) in [5.74, 6) is 2.32. The van der Waals surface area contributed by atoms with E-state index in [4.69, 9.17) is 4.52 Å². The second-order valence-corrected chi connectivity index (χ2v) is 7.32. The van der Waals surface area contributed by atoms with E-state index >= 15 is 0 Å². The van der Waals surface area contributed by atoms with Crippen molar-refractivity contribution < 1.29 is 9.32 Å². The third-order valence-electron chi connectivity index (χ3n) is 4.30. The van der Waals surface area contributed by atoms with Gasteiger partial charge in [0.25, 0.3) is 0 Å². The van der Waals surface area contributed by atoms with Crippen LogP contribution in [0.15, 0.2) is 28.9 Å². The molecule has 0 bridgehead atoms. The van der Waals surface area contributed by atoms with Crippen LogP contribution in [0.2, 0.25) is 0 Å². The highest BCUT2D eigenvalue weighted by Crippen LogP contribution is 2.19. The average Bonchev–Trinajstić information content (AvgIpc) is 3.10. The van der Waals surface area contributed by atoms with Gasteiger partial charge in [0.2, 0.25) is 11.8 Å². The van der Waals surface area contributed by atoms with Crippen molar-refractivity contribution in [3.05, 3.63) is 36.1 Å². The Morgan fingerprint density at radius 2 is 1.96 bits per heavy atom. The summed E-state index contributed by atoms with van der Waals surface area (Å²) < 4.78 is 5.26. The minimum atomic E-state index is -0.145. The van der Waals surface area contributed by atoms with Crippen LogP contribution >= 0.6 is 0 Å². The van der Waals surface area contributed by atoms with Crippen LogP contribution in [-0.4, -0.2) is 52.1 Å². The minimum Gasteiger partial charge on any atom is -0.353 e. The molecule has 134 valence electrons. The van der Waals surface area contributed by atoms with Crippen molar-refractivity contribution in [2.24, 2.45) is 0 Å². The van der Waals surface area contributed by atoms with Gasteiger partial charge in [0.15, 0.2) is 5.82 Å². The van der Waals surface area contributed by atoms with Gasteiger partial charge in [0.1, 0.15) is 5.82 Å². The van der Waals surface area contributed by atoms with Gasteiger partial charge >= 0.3 is 0 Å². The standard InChI is InChI=1S/C18H25N5O2/c1-18(2,3)17-20-15(25-21-17)7-8-16(24)23-12-10-22(11-13-23)14-6-4-5-9-19-14/h4-6,9H,7-8,10-13H2,1-3H3. The van der Waals surface area contributed by atoms with Gasteiger partial charge in [-0.3, -0.25) is 4.79 Å². The number of hydrogen-bond donors (Lipinski definition) is 0. The quantitative estimate of drug-likeness (QED) is 0.846. The van der Waals surface area contributed by atoms with E-state index in [1.165, 1.54) is 0 Å². The molecule has 0 aliphatic carbocycles. The van der Waals surface area contributed by atoms with E-state index < -0.39 is 0 Å². The lowest BCUT2D eigenvalue weighted by Gasteiger charge is -2.35. The summed E-state index contributed by atoms with van der Waals surface area (Å²) in [6, 6.07) is 5.89. The Morgan fingerprint density at radius 3 is 2.56 bits per heavy atom. The molecular weight excluding hydrogens is 318 g/mol. The molecule has 0 aromatic carbocycles. The Bertz CT molecular complexity index is 700. The van der Waals surface area contributed by atoms with Gasteiger partial charge in [-0.15, -0.1) is 0 Å². The second-order valence-electron chi connectivity index (χ2n) is 7.32. The molecule has 0 N–H and O–H groups in total. The fourth-order valence-electron chi connectivity index (χ4n) is 2.76. The monoisotopic (exact) mass is 343 g/mol. The Hall–Kier alpha value is -2.44. The highest BCUT2D eigenvalue weighted by Gasteiger charge is 2.24. The summed E-state index contributed by atoms with van der Waals surface area (Å²) in [7, 11) is 0. The van der Waals surface area contributed by atoms with Gasteiger partial charge in [-0.05, 0) is 12.1 Å². The van der Waals surface area contributed by atoms with Crippen molar-refractivity contribution >= 4 is 11.7 Å². The molecule has 1 aliphatic heterocycles. The molecule has 1 saturated heterocycles. The predicted molar refractivity (Wildman–Crippen MR) is 94.3 cm³/mol. The molecule has 3 rings (SSSR count). The van der Waals surface area contributed by atoms with Crippen LogP contribution in [0.4, 0.5) is 5.82 Å². The Kier molecular flexibility index (Phi) is 5.01. The fraction of sp³-hybridized carbons (Fsp3) is 0.556. The summed E-state index contributed by atoms with van der Waals surface area (Å²) in [4.78, 5) is 25.3. The topological polar surface area (TPSA) is 75.4 Å². The smallest absolute Gasteiger partial charge is 0.227 e.